The molecule has 4 heteroatoms. The van der Waals surface area contributed by atoms with Gasteiger partial charge >= 0.3 is 0 Å². The van der Waals surface area contributed by atoms with E-state index in [1.807, 2.05) is 18.2 Å². The molecule has 0 bridgehead atoms. The van der Waals surface area contributed by atoms with E-state index in [1.54, 1.807) is 18.5 Å². The number of aromatic nitrogens is 1. The number of rotatable bonds is 3. The Morgan fingerprint density at radius 3 is 3.00 bits per heavy atom. The molecule has 0 saturated heterocycles. The van der Waals surface area contributed by atoms with Gasteiger partial charge in [-0.3, -0.25) is 9.78 Å². The van der Waals surface area contributed by atoms with Crippen molar-refractivity contribution in [1.82, 2.24) is 4.98 Å². The predicted octanol–water partition coefficient (Wildman–Crippen LogP) is 2.08. The second-order valence-electron chi connectivity index (χ2n) is 4.59. The molecule has 0 radical (unpaired) electrons. The van der Waals surface area contributed by atoms with Gasteiger partial charge in [-0.25, -0.2) is 0 Å². The average Bonchev–Trinajstić information content (AvgIpc) is 2.83. The number of carbonyl (C=O) groups excluding carboxylic acids is 1. The van der Waals surface area contributed by atoms with Gasteiger partial charge in [0.1, 0.15) is 0 Å². The molecule has 0 unspecified atom stereocenters. The first-order valence-electron chi connectivity index (χ1n) is 6.36. The molecule has 0 spiro atoms. The van der Waals surface area contributed by atoms with Crippen molar-refractivity contribution in [2.24, 2.45) is 0 Å². The van der Waals surface area contributed by atoms with E-state index in [1.165, 1.54) is 11.3 Å². The lowest BCUT2D eigenvalue weighted by Crippen LogP contribution is -2.31. The van der Waals surface area contributed by atoms with Gasteiger partial charge in [0.2, 0.25) is 5.91 Å². The van der Waals surface area contributed by atoms with E-state index in [-0.39, 0.29) is 5.91 Å². The van der Waals surface area contributed by atoms with Crippen LogP contribution >= 0.6 is 0 Å². The number of pyridine rings is 1. The van der Waals surface area contributed by atoms with Gasteiger partial charge in [0.25, 0.3) is 0 Å². The van der Waals surface area contributed by atoms with Crippen molar-refractivity contribution < 1.29 is 4.79 Å². The Labute approximate surface area is 112 Å². The minimum absolute atomic E-state index is 0.00953. The number of fused-ring (bicyclic) bond motifs is 1. The largest absolute Gasteiger partial charge is 0.362 e. The van der Waals surface area contributed by atoms with Crippen LogP contribution in [0.4, 0.5) is 11.4 Å². The van der Waals surface area contributed by atoms with Crippen LogP contribution in [-0.2, 0) is 11.2 Å². The number of anilines is 2. The van der Waals surface area contributed by atoms with Crippen molar-refractivity contribution in [2.45, 2.75) is 6.42 Å². The molecule has 1 aromatic carbocycles. The third-order valence-corrected chi connectivity index (χ3v) is 3.26. The summed E-state index contributed by atoms with van der Waals surface area (Å²) >= 11 is 0. The Balaban J connectivity index is 1.65. The fourth-order valence-corrected chi connectivity index (χ4v) is 2.38. The number of carbonyl (C=O) groups is 1. The number of hydrogen-bond donors (Lipinski definition) is 1. The maximum atomic E-state index is 12.0. The van der Waals surface area contributed by atoms with Crippen molar-refractivity contribution in [2.75, 3.05) is 23.3 Å². The first kappa shape index (κ1) is 11.7. The van der Waals surface area contributed by atoms with E-state index in [4.69, 9.17) is 0 Å². The smallest absolute Gasteiger partial charge is 0.243 e. The van der Waals surface area contributed by atoms with Crippen molar-refractivity contribution in [3.8, 4) is 0 Å². The SMILES string of the molecule is O=C(CN1CCc2ccccc21)Nc1cccnc1. The van der Waals surface area contributed by atoms with Gasteiger partial charge in [-0.2, -0.15) is 0 Å². The molecule has 0 atom stereocenters. The van der Waals surface area contributed by atoms with Crippen LogP contribution in [0, 0.1) is 0 Å². The molecule has 1 aliphatic rings. The quantitative estimate of drug-likeness (QED) is 0.911. The third kappa shape index (κ3) is 2.57. The van der Waals surface area contributed by atoms with Crippen LogP contribution in [0.2, 0.25) is 0 Å². The molecule has 4 nitrogen and oxygen atoms in total. The molecule has 0 fully saturated rings. The molecule has 1 N–H and O–H groups in total. The van der Waals surface area contributed by atoms with Gasteiger partial charge in [0.15, 0.2) is 0 Å². The second-order valence-corrected chi connectivity index (χ2v) is 4.59. The van der Waals surface area contributed by atoms with Gasteiger partial charge in [-0.1, -0.05) is 18.2 Å². The molecule has 96 valence electrons. The Morgan fingerprint density at radius 2 is 2.16 bits per heavy atom. The summed E-state index contributed by atoms with van der Waals surface area (Å²) in [5.41, 5.74) is 3.22. The van der Waals surface area contributed by atoms with Crippen LogP contribution in [0.15, 0.2) is 48.8 Å². The van der Waals surface area contributed by atoms with Gasteiger partial charge < -0.3 is 10.2 Å². The minimum atomic E-state index is -0.00953. The molecular weight excluding hydrogens is 238 g/mol. The fourth-order valence-electron chi connectivity index (χ4n) is 2.38. The molecule has 1 aromatic heterocycles. The average molecular weight is 253 g/mol. The van der Waals surface area contributed by atoms with Crippen LogP contribution in [0.1, 0.15) is 5.56 Å². The van der Waals surface area contributed by atoms with Crippen molar-refractivity contribution >= 4 is 17.3 Å². The molecule has 1 amide bonds. The number of nitrogens with zero attached hydrogens (tertiary/aromatic N) is 2. The lowest BCUT2D eigenvalue weighted by molar-refractivity contribution is -0.115. The highest BCUT2D eigenvalue weighted by atomic mass is 16.2. The first-order chi connectivity index (χ1) is 9.33. The predicted molar refractivity (Wildman–Crippen MR) is 75.2 cm³/mol. The lowest BCUT2D eigenvalue weighted by atomic mass is 10.2. The van der Waals surface area contributed by atoms with Crippen molar-refractivity contribution in [1.29, 1.82) is 0 Å². The molecular formula is C15H15N3O. The van der Waals surface area contributed by atoms with E-state index in [9.17, 15) is 4.79 Å². The topological polar surface area (TPSA) is 45.2 Å². The number of nitrogens with one attached hydrogen (secondary N) is 1. The summed E-state index contributed by atoms with van der Waals surface area (Å²) in [5.74, 6) is -0.00953. The molecule has 0 saturated carbocycles. The van der Waals surface area contributed by atoms with Crippen molar-refractivity contribution in [3.63, 3.8) is 0 Å². The maximum Gasteiger partial charge on any atom is 0.243 e. The Kier molecular flexibility index (Phi) is 3.14. The number of hydrogen-bond acceptors (Lipinski definition) is 3. The van der Waals surface area contributed by atoms with E-state index in [2.05, 4.69) is 27.3 Å². The second kappa shape index (κ2) is 5.10. The van der Waals surface area contributed by atoms with E-state index in [0.29, 0.717) is 6.54 Å². The van der Waals surface area contributed by atoms with Crippen LogP contribution in [0.3, 0.4) is 0 Å². The lowest BCUT2D eigenvalue weighted by Gasteiger charge is -2.18. The van der Waals surface area contributed by atoms with Gasteiger partial charge in [0.05, 0.1) is 18.4 Å². The van der Waals surface area contributed by atoms with Crippen LogP contribution < -0.4 is 10.2 Å². The summed E-state index contributed by atoms with van der Waals surface area (Å²) in [6.07, 6.45) is 4.35. The van der Waals surface area contributed by atoms with Crippen LogP contribution in [0.5, 0.6) is 0 Å². The highest BCUT2D eigenvalue weighted by molar-refractivity contribution is 5.94. The summed E-state index contributed by atoms with van der Waals surface area (Å²) in [5, 5.41) is 2.86. The normalized spacial score (nSPS) is 13.2. The Morgan fingerprint density at radius 1 is 1.26 bits per heavy atom. The summed E-state index contributed by atoms with van der Waals surface area (Å²) in [6, 6.07) is 11.9. The van der Waals surface area contributed by atoms with E-state index in [0.717, 1.165) is 18.7 Å². The maximum absolute atomic E-state index is 12.0. The standard InChI is InChI=1S/C15H15N3O/c19-15(17-13-5-3-8-16-10-13)11-18-9-7-12-4-1-2-6-14(12)18/h1-6,8,10H,7,9,11H2,(H,17,19). The third-order valence-electron chi connectivity index (χ3n) is 3.26. The Hall–Kier alpha value is -2.36. The molecule has 3 rings (SSSR count). The molecule has 1 aliphatic heterocycles. The van der Waals surface area contributed by atoms with Crippen LogP contribution in [-0.4, -0.2) is 24.0 Å². The zero-order chi connectivity index (χ0) is 13.1. The number of para-hydroxylation sites is 1. The van der Waals surface area contributed by atoms with Gasteiger partial charge in [-0.05, 0) is 30.2 Å². The summed E-state index contributed by atoms with van der Waals surface area (Å²) in [4.78, 5) is 18.1. The molecule has 19 heavy (non-hydrogen) atoms. The highest BCUT2D eigenvalue weighted by Crippen LogP contribution is 2.26. The fraction of sp³-hybridized carbons (Fsp3) is 0.200. The monoisotopic (exact) mass is 253 g/mol. The zero-order valence-corrected chi connectivity index (χ0v) is 10.5. The number of benzene rings is 1. The van der Waals surface area contributed by atoms with Gasteiger partial charge in [-0.15, -0.1) is 0 Å². The highest BCUT2D eigenvalue weighted by Gasteiger charge is 2.20. The van der Waals surface area contributed by atoms with E-state index >= 15 is 0 Å². The van der Waals surface area contributed by atoms with E-state index < -0.39 is 0 Å². The van der Waals surface area contributed by atoms with Crippen molar-refractivity contribution in [3.05, 3.63) is 54.4 Å². The molecule has 2 heterocycles. The number of amides is 1. The molecule has 0 aliphatic carbocycles. The zero-order valence-electron chi connectivity index (χ0n) is 10.5. The Bertz CT molecular complexity index is 583. The summed E-state index contributed by atoms with van der Waals surface area (Å²) < 4.78 is 0. The first-order valence-corrected chi connectivity index (χ1v) is 6.36. The summed E-state index contributed by atoms with van der Waals surface area (Å²) in [6.45, 7) is 1.28. The van der Waals surface area contributed by atoms with Gasteiger partial charge in [0, 0.05) is 18.4 Å². The molecule has 2 aromatic rings. The summed E-state index contributed by atoms with van der Waals surface area (Å²) in [7, 11) is 0. The van der Waals surface area contributed by atoms with Crippen LogP contribution in [0.25, 0.3) is 0 Å². The minimum Gasteiger partial charge on any atom is -0.362 e.